The summed E-state index contributed by atoms with van der Waals surface area (Å²) < 4.78 is 35.5. The Balaban J connectivity index is 1.94. The molecule has 1 N–H and O–H groups in total. The monoisotopic (exact) mass is 266 g/mol. The number of amides is 1. The van der Waals surface area contributed by atoms with Crippen LogP contribution in [0.2, 0.25) is 0 Å². The van der Waals surface area contributed by atoms with Crippen LogP contribution in [-0.4, -0.2) is 43.2 Å². The summed E-state index contributed by atoms with van der Waals surface area (Å²) in [5.74, 6) is -1.83. The molecule has 1 fully saturated rings. The first kappa shape index (κ1) is 15.3. The number of piperidine rings is 1. The highest BCUT2D eigenvalue weighted by molar-refractivity contribution is 5.81. The van der Waals surface area contributed by atoms with Crippen molar-refractivity contribution in [3.05, 3.63) is 0 Å². The molecule has 0 aromatic carbocycles. The molecule has 0 saturated carbocycles. The van der Waals surface area contributed by atoms with Gasteiger partial charge < -0.3 is 10.2 Å². The Labute approximate surface area is 106 Å². The second-order valence-electron chi connectivity index (χ2n) is 4.72. The Morgan fingerprint density at radius 2 is 1.72 bits per heavy atom. The Bertz CT molecular complexity index is 250. The Morgan fingerprint density at radius 3 is 2.33 bits per heavy atom. The molecule has 18 heavy (non-hydrogen) atoms. The first-order valence-corrected chi connectivity index (χ1v) is 6.57. The van der Waals surface area contributed by atoms with E-state index in [1.54, 1.807) is 0 Å². The molecule has 0 unspecified atom stereocenters. The zero-order valence-corrected chi connectivity index (χ0v) is 10.6. The quantitative estimate of drug-likeness (QED) is 0.748. The van der Waals surface area contributed by atoms with E-state index in [1.807, 2.05) is 5.32 Å². The second-order valence-corrected chi connectivity index (χ2v) is 4.72. The lowest BCUT2D eigenvalue weighted by Gasteiger charge is -2.26. The fourth-order valence-electron chi connectivity index (χ4n) is 2.12. The molecular formula is C12H21F3N2O. The molecule has 0 radical (unpaired) electrons. The Morgan fingerprint density at radius 1 is 1.06 bits per heavy atom. The highest BCUT2D eigenvalue weighted by Crippen LogP contribution is 2.14. The molecule has 6 heteroatoms. The molecule has 1 rings (SSSR count). The molecular weight excluding hydrogens is 245 g/mol. The summed E-state index contributed by atoms with van der Waals surface area (Å²) in [6.45, 7) is 3.42. The van der Waals surface area contributed by atoms with E-state index in [0.29, 0.717) is 6.42 Å². The minimum absolute atomic E-state index is 0.109. The van der Waals surface area contributed by atoms with Crippen LogP contribution in [0.5, 0.6) is 0 Å². The molecule has 0 aliphatic carbocycles. The molecule has 3 nitrogen and oxygen atoms in total. The maximum Gasteiger partial charge on any atom is 0.471 e. The number of alkyl halides is 3. The molecule has 1 amide bonds. The lowest BCUT2D eigenvalue weighted by Crippen LogP contribution is -2.37. The Hall–Kier alpha value is -0.780. The van der Waals surface area contributed by atoms with Crippen molar-refractivity contribution < 1.29 is 18.0 Å². The van der Waals surface area contributed by atoms with E-state index in [-0.39, 0.29) is 6.54 Å². The van der Waals surface area contributed by atoms with Crippen molar-refractivity contribution >= 4 is 5.91 Å². The number of nitrogens with one attached hydrogen (secondary N) is 1. The van der Waals surface area contributed by atoms with Crippen LogP contribution in [0.4, 0.5) is 13.2 Å². The predicted octanol–water partition coefficient (Wildman–Crippen LogP) is 2.32. The van der Waals surface area contributed by atoms with Gasteiger partial charge in [0.2, 0.25) is 0 Å². The van der Waals surface area contributed by atoms with E-state index in [4.69, 9.17) is 0 Å². The van der Waals surface area contributed by atoms with E-state index in [9.17, 15) is 18.0 Å². The van der Waals surface area contributed by atoms with Crippen molar-refractivity contribution in [2.75, 3.05) is 26.2 Å². The van der Waals surface area contributed by atoms with Gasteiger partial charge in [-0.3, -0.25) is 4.79 Å². The predicted molar refractivity (Wildman–Crippen MR) is 63.2 cm³/mol. The third kappa shape index (κ3) is 6.23. The summed E-state index contributed by atoms with van der Waals surface area (Å²) in [4.78, 5) is 12.9. The average molecular weight is 266 g/mol. The maximum absolute atomic E-state index is 11.8. The largest absolute Gasteiger partial charge is 0.471 e. The number of unbranched alkanes of at least 4 members (excludes halogenated alkanes) is 2. The summed E-state index contributed by atoms with van der Waals surface area (Å²) in [5, 5.41) is 1.88. The lowest BCUT2D eigenvalue weighted by atomic mass is 10.1. The second kappa shape index (κ2) is 7.61. The van der Waals surface area contributed by atoms with Gasteiger partial charge in [0.1, 0.15) is 0 Å². The van der Waals surface area contributed by atoms with E-state index < -0.39 is 12.1 Å². The van der Waals surface area contributed by atoms with Crippen LogP contribution >= 0.6 is 0 Å². The highest BCUT2D eigenvalue weighted by Gasteiger charge is 2.38. The first-order valence-electron chi connectivity index (χ1n) is 6.57. The van der Waals surface area contributed by atoms with Crippen molar-refractivity contribution in [3.63, 3.8) is 0 Å². The number of carbonyl (C=O) groups is 1. The molecule has 1 heterocycles. The number of hydrogen-bond acceptors (Lipinski definition) is 2. The molecule has 1 saturated heterocycles. The zero-order chi connectivity index (χ0) is 13.4. The van der Waals surface area contributed by atoms with Crippen LogP contribution < -0.4 is 5.32 Å². The zero-order valence-electron chi connectivity index (χ0n) is 10.6. The van der Waals surface area contributed by atoms with Gasteiger partial charge in [0.15, 0.2) is 0 Å². The fraction of sp³-hybridized carbons (Fsp3) is 0.917. The van der Waals surface area contributed by atoms with Gasteiger partial charge in [-0.05, 0) is 45.3 Å². The highest BCUT2D eigenvalue weighted by atomic mass is 19.4. The summed E-state index contributed by atoms with van der Waals surface area (Å²) in [6, 6.07) is 0. The molecule has 0 spiro atoms. The van der Waals surface area contributed by atoms with Crippen LogP contribution in [0.3, 0.4) is 0 Å². The number of nitrogens with zero attached hydrogens (tertiary/aromatic N) is 1. The topological polar surface area (TPSA) is 32.3 Å². The summed E-state index contributed by atoms with van der Waals surface area (Å²) in [5.41, 5.74) is 0. The van der Waals surface area contributed by atoms with E-state index in [2.05, 4.69) is 4.90 Å². The van der Waals surface area contributed by atoms with Gasteiger partial charge in [0.25, 0.3) is 0 Å². The fourth-order valence-corrected chi connectivity index (χ4v) is 2.12. The first-order chi connectivity index (χ1) is 8.50. The average Bonchev–Trinajstić information content (AvgIpc) is 2.33. The number of likely N-dealkylation sites (tertiary alicyclic amines) is 1. The third-order valence-electron chi connectivity index (χ3n) is 3.14. The third-order valence-corrected chi connectivity index (χ3v) is 3.14. The molecule has 0 atom stereocenters. The van der Waals surface area contributed by atoms with E-state index >= 15 is 0 Å². The van der Waals surface area contributed by atoms with Crippen molar-refractivity contribution in [2.45, 2.75) is 44.7 Å². The molecule has 1 aliphatic heterocycles. The van der Waals surface area contributed by atoms with Gasteiger partial charge in [-0.15, -0.1) is 0 Å². The van der Waals surface area contributed by atoms with Crippen LogP contribution in [0.15, 0.2) is 0 Å². The molecule has 1 aliphatic rings. The number of rotatable bonds is 6. The summed E-state index contributed by atoms with van der Waals surface area (Å²) in [6.07, 6.45) is 1.50. The van der Waals surface area contributed by atoms with Gasteiger partial charge in [0, 0.05) is 6.54 Å². The smallest absolute Gasteiger partial charge is 0.348 e. The minimum Gasteiger partial charge on any atom is -0.348 e. The van der Waals surface area contributed by atoms with Crippen molar-refractivity contribution in [2.24, 2.45) is 0 Å². The molecule has 106 valence electrons. The van der Waals surface area contributed by atoms with Crippen molar-refractivity contribution in [3.8, 4) is 0 Å². The van der Waals surface area contributed by atoms with E-state index in [1.165, 1.54) is 19.3 Å². The molecule has 0 aromatic heterocycles. The molecule has 0 aromatic rings. The Kier molecular flexibility index (Phi) is 6.46. The van der Waals surface area contributed by atoms with Gasteiger partial charge >= 0.3 is 12.1 Å². The van der Waals surface area contributed by atoms with Crippen LogP contribution in [0.25, 0.3) is 0 Å². The number of halogens is 3. The number of hydrogen-bond donors (Lipinski definition) is 1. The lowest BCUT2D eigenvalue weighted by molar-refractivity contribution is -0.173. The van der Waals surface area contributed by atoms with Crippen LogP contribution in [0, 0.1) is 0 Å². The minimum atomic E-state index is -4.76. The van der Waals surface area contributed by atoms with Gasteiger partial charge in [-0.2, -0.15) is 13.2 Å². The maximum atomic E-state index is 11.8. The van der Waals surface area contributed by atoms with Gasteiger partial charge in [-0.25, -0.2) is 0 Å². The van der Waals surface area contributed by atoms with Crippen LogP contribution in [0.1, 0.15) is 38.5 Å². The summed E-state index contributed by atoms with van der Waals surface area (Å²) >= 11 is 0. The van der Waals surface area contributed by atoms with Crippen molar-refractivity contribution in [1.29, 1.82) is 0 Å². The standard InChI is InChI=1S/C12H21F3N2O/c13-12(14,15)11(18)16-7-3-1-4-8-17-9-5-2-6-10-17/h1-10H2,(H,16,18). The normalized spacial score (nSPS) is 17.7. The number of carbonyl (C=O) groups excluding carboxylic acids is 1. The van der Waals surface area contributed by atoms with E-state index in [0.717, 1.165) is 32.5 Å². The van der Waals surface area contributed by atoms with Gasteiger partial charge in [-0.1, -0.05) is 12.8 Å². The molecule has 0 bridgehead atoms. The van der Waals surface area contributed by atoms with Crippen LogP contribution in [-0.2, 0) is 4.79 Å². The van der Waals surface area contributed by atoms with Crippen molar-refractivity contribution in [1.82, 2.24) is 10.2 Å². The van der Waals surface area contributed by atoms with Gasteiger partial charge in [0.05, 0.1) is 0 Å². The summed E-state index contributed by atoms with van der Waals surface area (Å²) in [7, 11) is 0. The SMILES string of the molecule is O=C(NCCCCCN1CCCCC1)C(F)(F)F.